The first-order valence-corrected chi connectivity index (χ1v) is 9.84. The van der Waals surface area contributed by atoms with E-state index in [1.165, 1.54) is 35.9 Å². The van der Waals surface area contributed by atoms with Gasteiger partial charge in [-0.05, 0) is 25.0 Å². The Morgan fingerprint density at radius 2 is 2.26 bits per heavy atom. The zero-order valence-corrected chi connectivity index (χ0v) is 15.4. The first-order valence-electron chi connectivity index (χ1n) is 7.66. The van der Waals surface area contributed by atoms with Crippen LogP contribution in [0, 0.1) is 0 Å². The Balaban J connectivity index is 1.55. The zero-order chi connectivity index (χ0) is 16.2. The molecule has 0 atom stereocenters. The summed E-state index contributed by atoms with van der Waals surface area (Å²) in [4.78, 5) is 15.1. The molecule has 2 aromatic heterocycles. The predicted molar refractivity (Wildman–Crippen MR) is 94.1 cm³/mol. The summed E-state index contributed by atoms with van der Waals surface area (Å²) in [5.74, 6) is 1.53. The van der Waals surface area contributed by atoms with Gasteiger partial charge in [-0.3, -0.25) is 4.79 Å². The van der Waals surface area contributed by atoms with Crippen LogP contribution >= 0.6 is 34.7 Å². The number of rotatable bonds is 5. The largest absolute Gasteiger partial charge is 0.340 e. The molecule has 1 aliphatic heterocycles. The minimum atomic E-state index is 0.0884. The molecule has 1 amide bonds. The lowest BCUT2D eigenvalue weighted by atomic mass is 10.2. The summed E-state index contributed by atoms with van der Waals surface area (Å²) in [6.45, 7) is 1.55. The number of thioether (sulfide) groups is 1. The van der Waals surface area contributed by atoms with Crippen molar-refractivity contribution in [3.8, 4) is 0 Å². The lowest BCUT2D eigenvalue weighted by Gasteiger charge is -2.16. The predicted octanol–water partition coefficient (Wildman–Crippen LogP) is 3.47. The highest BCUT2D eigenvalue weighted by atomic mass is 35.5. The van der Waals surface area contributed by atoms with Crippen LogP contribution in [0.5, 0.6) is 0 Å². The maximum atomic E-state index is 12.3. The van der Waals surface area contributed by atoms with Gasteiger partial charge in [-0.25, -0.2) is 0 Å². The number of fused-ring (bicyclic) bond motifs is 1. The van der Waals surface area contributed by atoms with Crippen LogP contribution < -0.4 is 0 Å². The first kappa shape index (κ1) is 16.8. The summed E-state index contributed by atoms with van der Waals surface area (Å²) in [7, 11) is 1.82. The molecule has 0 saturated heterocycles. The SMILES string of the molecule is CN(Cc1ccc(Cl)s1)C(=O)CSc1nnc2n1CCCCC2. The van der Waals surface area contributed by atoms with Gasteiger partial charge in [0.05, 0.1) is 16.6 Å². The summed E-state index contributed by atoms with van der Waals surface area (Å²) in [5.41, 5.74) is 0. The molecule has 0 radical (unpaired) electrons. The minimum absolute atomic E-state index is 0.0884. The lowest BCUT2D eigenvalue weighted by Crippen LogP contribution is -2.27. The Labute approximate surface area is 149 Å². The van der Waals surface area contributed by atoms with Gasteiger partial charge in [0.1, 0.15) is 5.82 Å². The number of hydrogen-bond acceptors (Lipinski definition) is 5. The molecule has 8 heteroatoms. The number of carbonyl (C=O) groups excluding carboxylic acids is 1. The van der Waals surface area contributed by atoms with Crippen molar-refractivity contribution in [2.75, 3.05) is 12.8 Å². The average Bonchev–Trinajstić information content (AvgIpc) is 3.03. The van der Waals surface area contributed by atoms with Gasteiger partial charge in [0.25, 0.3) is 0 Å². The molecule has 124 valence electrons. The van der Waals surface area contributed by atoms with Gasteiger partial charge in [0.2, 0.25) is 5.91 Å². The van der Waals surface area contributed by atoms with E-state index >= 15 is 0 Å². The summed E-state index contributed by atoms with van der Waals surface area (Å²) >= 11 is 8.91. The van der Waals surface area contributed by atoms with Crippen molar-refractivity contribution in [3.05, 3.63) is 27.2 Å². The van der Waals surface area contributed by atoms with Crippen LogP contribution in [-0.4, -0.2) is 38.4 Å². The molecular weight excluding hydrogens is 352 g/mol. The third-order valence-corrected chi connectivity index (χ3v) is 6.02. The molecule has 3 rings (SSSR count). The van der Waals surface area contributed by atoms with Crippen LogP contribution in [-0.2, 0) is 24.3 Å². The Hall–Kier alpha value is -1.05. The van der Waals surface area contributed by atoms with E-state index < -0.39 is 0 Å². The fourth-order valence-electron chi connectivity index (χ4n) is 2.56. The number of thiophene rings is 1. The second-order valence-corrected chi connectivity index (χ2v) is 8.35. The van der Waals surface area contributed by atoms with Crippen molar-refractivity contribution in [3.63, 3.8) is 0 Å². The Morgan fingerprint density at radius 3 is 3.04 bits per heavy atom. The maximum Gasteiger partial charge on any atom is 0.233 e. The molecule has 0 N–H and O–H groups in total. The van der Waals surface area contributed by atoms with E-state index in [-0.39, 0.29) is 5.91 Å². The van der Waals surface area contributed by atoms with Gasteiger partial charge >= 0.3 is 0 Å². The minimum Gasteiger partial charge on any atom is -0.340 e. The van der Waals surface area contributed by atoms with E-state index in [2.05, 4.69) is 14.8 Å². The van der Waals surface area contributed by atoms with Crippen molar-refractivity contribution in [1.82, 2.24) is 19.7 Å². The van der Waals surface area contributed by atoms with Crippen molar-refractivity contribution in [2.24, 2.45) is 0 Å². The number of carbonyl (C=O) groups is 1. The Morgan fingerprint density at radius 1 is 1.39 bits per heavy atom. The molecule has 3 heterocycles. The monoisotopic (exact) mass is 370 g/mol. The van der Waals surface area contributed by atoms with Crippen LogP contribution in [0.3, 0.4) is 0 Å². The summed E-state index contributed by atoms with van der Waals surface area (Å²) in [6.07, 6.45) is 4.55. The van der Waals surface area contributed by atoms with E-state index in [1.54, 1.807) is 4.90 Å². The molecule has 2 aromatic rings. The van der Waals surface area contributed by atoms with Gasteiger partial charge in [0, 0.05) is 24.9 Å². The quantitative estimate of drug-likeness (QED) is 0.756. The Bertz CT molecular complexity index is 685. The van der Waals surface area contributed by atoms with Gasteiger partial charge in [-0.2, -0.15) is 0 Å². The first-order chi connectivity index (χ1) is 11.1. The number of hydrogen-bond donors (Lipinski definition) is 0. The number of halogens is 1. The van der Waals surface area contributed by atoms with Crippen LogP contribution in [0.4, 0.5) is 0 Å². The van der Waals surface area contributed by atoms with Crippen molar-refractivity contribution in [2.45, 2.75) is 43.9 Å². The van der Waals surface area contributed by atoms with Crippen LogP contribution in [0.25, 0.3) is 0 Å². The third-order valence-electron chi connectivity index (χ3n) is 3.85. The van der Waals surface area contributed by atoms with Crippen LogP contribution in [0.1, 0.15) is 30.0 Å². The second kappa shape index (κ2) is 7.68. The van der Waals surface area contributed by atoms with E-state index in [0.29, 0.717) is 12.3 Å². The van der Waals surface area contributed by atoms with E-state index in [1.807, 2.05) is 19.2 Å². The maximum absolute atomic E-state index is 12.3. The van der Waals surface area contributed by atoms with Crippen LogP contribution in [0.15, 0.2) is 17.3 Å². The molecule has 23 heavy (non-hydrogen) atoms. The van der Waals surface area contributed by atoms with Gasteiger partial charge in [-0.15, -0.1) is 21.5 Å². The lowest BCUT2D eigenvalue weighted by molar-refractivity contribution is -0.127. The number of nitrogens with zero attached hydrogens (tertiary/aromatic N) is 4. The van der Waals surface area contributed by atoms with Crippen molar-refractivity contribution < 1.29 is 4.79 Å². The average molecular weight is 371 g/mol. The van der Waals surface area contributed by atoms with Gasteiger partial charge < -0.3 is 9.47 Å². The third kappa shape index (κ3) is 4.28. The van der Waals surface area contributed by atoms with E-state index in [0.717, 1.165) is 39.6 Å². The molecule has 0 unspecified atom stereocenters. The normalized spacial score (nSPS) is 14.3. The summed E-state index contributed by atoms with van der Waals surface area (Å²) in [6, 6.07) is 3.82. The standard InChI is InChI=1S/C15H19ClN4OS2/c1-19(9-11-6-7-12(16)23-11)14(21)10-22-15-18-17-13-5-3-2-4-8-20(13)15/h6-7H,2-5,8-10H2,1H3. The molecule has 0 aromatic carbocycles. The molecule has 0 bridgehead atoms. The van der Waals surface area contributed by atoms with Crippen LogP contribution in [0.2, 0.25) is 4.34 Å². The molecule has 5 nitrogen and oxygen atoms in total. The molecular formula is C15H19ClN4OS2. The smallest absolute Gasteiger partial charge is 0.233 e. The summed E-state index contributed by atoms with van der Waals surface area (Å²) in [5, 5.41) is 9.38. The van der Waals surface area contributed by atoms with E-state index in [4.69, 9.17) is 11.6 Å². The van der Waals surface area contributed by atoms with Gasteiger partial charge in [0.15, 0.2) is 5.16 Å². The molecule has 0 aliphatic carbocycles. The molecule has 0 fully saturated rings. The number of aromatic nitrogens is 3. The topological polar surface area (TPSA) is 51.0 Å². The number of aryl methyl sites for hydroxylation is 1. The van der Waals surface area contributed by atoms with E-state index in [9.17, 15) is 4.79 Å². The highest BCUT2D eigenvalue weighted by Gasteiger charge is 2.17. The Kier molecular flexibility index (Phi) is 5.61. The fraction of sp³-hybridized carbons (Fsp3) is 0.533. The zero-order valence-electron chi connectivity index (χ0n) is 13.0. The molecule has 0 spiro atoms. The summed E-state index contributed by atoms with van der Waals surface area (Å²) < 4.78 is 2.92. The highest BCUT2D eigenvalue weighted by molar-refractivity contribution is 7.99. The highest BCUT2D eigenvalue weighted by Crippen LogP contribution is 2.24. The fourth-order valence-corrected chi connectivity index (χ4v) is 4.63. The second-order valence-electron chi connectivity index (χ2n) is 5.61. The number of amides is 1. The molecule has 0 saturated carbocycles. The van der Waals surface area contributed by atoms with Crippen molar-refractivity contribution in [1.29, 1.82) is 0 Å². The van der Waals surface area contributed by atoms with Gasteiger partial charge in [-0.1, -0.05) is 29.8 Å². The van der Waals surface area contributed by atoms with Crippen molar-refractivity contribution >= 4 is 40.6 Å². The molecule has 1 aliphatic rings.